The van der Waals surface area contributed by atoms with Crippen molar-refractivity contribution in [1.82, 2.24) is 5.32 Å². The normalized spacial score (nSPS) is 24.7. The third-order valence-electron chi connectivity index (χ3n) is 5.19. The van der Waals surface area contributed by atoms with Crippen molar-refractivity contribution in [2.75, 3.05) is 12.0 Å². The van der Waals surface area contributed by atoms with Crippen LogP contribution in [0.3, 0.4) is 0 Å². The number of amides is 1. The number of nitrogens with one attached hydrogen (secondary N) is 1. The lowest BCUT2D eigenvalue weighted by molar-refractivity contribution is -0.124. The number of aliphatic hydroxyl groups excluding tert-OH is 2. The molecule has 1 amide bonds. The van der Waals surface area contributed by atoms with E-state index >= 15 is 0 Å². The van der Waals surface area contributed by atoms with E-state index in [1.165, 1.54) is 31.0 Å². The van der Waals surface area contributed by atoms with Crippen molar-refractivity contribution in [2.45, 2.75) is 75.7 Å². The van der Waals surface area contributed by atoms with Gasteiger partial charge in [0.05, 0.1) is 18.2 Å². The molecule has 0 radical (unpaired) electrons. The van der Waals surface area contributed by atoms with Crippen LogP contribution in [0.5, 0.6) is 0 Å². The second kappa shape index (κ2) is 9.25. The van der Waals surface area contributed by atoms with Crippen LogP contribution >= 0.6 is 11.8 Å². The molecule has 2 aliphatic rings. The summed E-state index contributed by atoms with van der Waals surface area (Å²) < 4.78 is 0. The Morgan fingerprint density at radius 3 is 2.43 bits per heavy atom. The summed E-state index contributed by atoms with van der Waals surface area (Å²) in [6.45, 7) is 0. The van der Waals surface area contributed by atoms with Crippen LogP contribution in [-0.2, 0) is 4.79 Å². The van der Waals surface area contributed by atoms with E-state index in [1.54, 1.807) is 0 Å². The first-order valence-electron chi connectivity index (χ1n) is 8.94. The van der Waals surface area contributed by atoms with Crippen molar-refractivity contribution >= 4 is 17.7 Å². The molecule has 2 rings (SSSR count). The van der Waals surface area contributed by atoms with Gasteiger partial charge in [0.15, 0.2) is 0 Å². The van der Waals surface area contributed by atoms with E-state index in [0.717, 1.165) is 32.1 Å². The fourth-order valence-electron chi connectivity index (χ4n) is 3.57. The Hall–Kier alpha value is -0.300. The Kier molecular flexibility index (Phi) is 7.66. The lowest BCUT2D eigenvalue weighted by Gasteiger charge is -2.33. The van der Waals surface area contributed by atoms with Gasteiger partial charge < -0.3 is 21.3 Å². The number of carbonyl (C=O) groups excluding carboxylic acids is 1. The first-order valence-corrected chi connectivity index (χ1v) is 10.3. The predicted octanol–water partition coefficient (Wildman–Crippen LogP) is 1.26. The first-order chi connectivity index (χ1) is 11.0. The molecule has 0 aliphatic heterocycles. The average Bonchev–Trinajstić information content (AvgIpc) is 3.39. The topological polar surface area (TPSA) is 95.6 Å². The van der Waals surface area contributed by atoms with Gasteiger partial charge in [-0.2, -0.15) is 11.8 Å². The number of nitrogens with two attached hydrogens (primary N) is 1. The Bertz CT molecular complexity index is 373. The van der Waals surface area contributed by atoms with Gasteiger partial charge in [0.2, 0.25) is 5.91 Å². The molecule has 0 saturated heterocycles. The van der Waals surface area contributed by atoms with Gasteiger partial charge in [-0.25, -0.2) is 0 Å². The molecule has 5 N–H and O–H groups in total. The van der Waals surface area contributed by atoms with Crippen LogP contribution < -0.4 is 11.1 Å². The van der Waals surface area contributed by atoms with Gasteiger partial charge in [-0.3, -0.25) is 4.79 Å². The highest BCUT2D eigenvalue weighted by molar-refractivity contribution is 7.98. The van der Waals surface area contributed by atoms with Crippen LogP contribution in [-0.4, -0.2) is 52.4 Å². The van der Waals surface area contributed by atoms with Crippen LogP contribution in [0, 0.1) is 11.8 Å². The summed E-state index contributed by atoms with van der Waals surface area (Å²) in [5.41, 5.74) is 5.88. The second-order valence-corrected chi connectivity index (χ2v) is 8.15. The number of thioether (sulfide) groups is 1. The molecule has 2 saturated carbocycles. The molecule has 0 aromatic heterocycles. The molecule has 2 fully saturated rings. The molecule has 6 heteroatoms. The third-order valence-corrected chi connectivity index (χ3v) is 5.88. The summed E-state index contributed by atoms with van der Waals surface area (Å²) in [4.78, 5) is 12.3. The molecule has 0 bridgehead atoms. The molecule has 23 heavy (non-hydrogen) atoms. The standard InChI is InChI=1S/C17H32N2O3S/c1-23-10-13(18)17(22)19-14(9-11-5-3-2-4-6-11)16(21)15(20)12-7-8-12/h11-16,20-21H,2-10,18H2,1H3,(H,19,22)/t13-,14?,15?,16?/m0/s1. The SMILES string of the molecule is CSC[C@H](N)C(=O)NC(CC1CCCCC1)C(O)C(O)C1CC1. The maximum absolute atomic E-state index is 12.3. The van der Waals surface area contributed by atoms with Crippen LogP contribution in [0.25, 0.3) is 0 Å². The molecule has 4 atom stereocenters. The van der Waals surface area contributed by atoms with Gasteiger partial charge in [-0.15, -0.1) is 0 Å². The average molecular weight is 345 g/mol. The quantitative estimate of drug-likeness (QED) is 0.505. The van der Waals surface area contributed by atoms with Crippen LogP contribution in [0.1, 0.15) is 51.4 Å². The van der Waals surface area contributed by atoms with Gasteiger partial charge in [0.1, 0.15) is 6.10 Å². The molecule has 0 spiro atoms. The van der Waals surface area contributed by atoms with Crippen molar-refractivity contribution in [1.29, 1.82) is 0 Å². The number of hydrogen-bond donors (Lipinski definition) is 4. The van der Waals surface area contributed by atoms with Gasteiger partial charge >= 0.3 is 0 Å². The zero-order chi connectivity index (χ0) is 16.8. The minimum Gasteiger partial charge on any atom is -0.390 e. The highest BCUT2D eigenvalue weighted by Gasteiger charge is 2.39. The lowest BCUT2D eigenvalue weighted by Crippen LogP contribution is -2.54. The van der Waals surface area contributed by atoms with Gasteiger partial charge in [0.25, 0.3) is 0 Å². The van der Waals surface area contributed by atoms with Crippen molar-refractivity contribution in [3.8, 4) is 0 Å². The summed E-state index contributed by atoms with van der Waals surface area (Å²) >= 11 is 1.53. The highest BCUT2D eigenvalue weighted by atomic mass is 32.2. The Morgan fingerprint density at radius 1 is 1.22 bits per heavy atom. The molecule has 0 aromatic rings. The van der Waals surface area contributed by atoms with Gasteiger partial charge in [0, 0.05) is 5.75 Å². The Balaban J connectivity index is 1.95. The smallest absolute Gasteiger partial charge is 0.238 e. The molecule has 0 heterocycles. The fraction of sp³-hybridized carbons (Fsp3) is 0.941. The van der Waals surface area contributed by atoms with E-state index in [9.17, 15) is 15.0 Å². The van der Waals surface area contributed by atoms with Crippen molar-refractivity contribution in [3.63, 3.8) is 0 Å². The summed E-state index contributed by atoms with van der Waals surface area (Å²) in [5, 5.41) is 23.8. The minimum absolute atomic E-state index is 0.190. The van der Waals surface area contributed by atoms with E-state index in [2.05, 4.69) is 5.32 Å². The van der Waals surface area contributed by atoms with Crippen molar-refractivity contribution in [3.05, 3.63) is 0 Å². The largest absolute Gasteiger partial charge is 0.390 e. The molecular weight excluding hydrogens is 312 g/mol. The zero-order valence-electron chi connectivity index (χ0n) is 14.1. The maximum Gasteiger partial charge on any atom is 0.238 e. The first kappa shape index (κ1) is 19.0. The molecule has 5 nitrogen and oxygen atoms in total. The van der Waals surface area contributed by atoms with Crippen molar-refractivity contribution in [2.24, 2.45) is 17.6 Å². The van der Waals surface area contributed by atoms with Gasteiger partial charge in [-0.05, 0) is 37.4 Å². The second-order valence-electron chi connectivity index (χ2n) is 7.24. The van der Waals surface area contributed by atoms with E-state index in [0.29, 0.717) is 11.7 Å². The van der Waals surface area contributed by atoms with E-state index in [1.807, 2.05) is 6.26 Å². The highest BCUT2D eigenvalue weighted by Crippen LogP contribution is 2.36. The monoisotopic (exact) mass is 344 g/mol. The number of aliphatic hydroxyl groups is 2. The third kappa shape index (κ3) is 5.93. The van der Waals surface area contributed by atoms with Crippen LogP contribution in [0.4, 0.5) is 0 Å². The molecular formula is C17H32N2O3S. The lowest BCUT2D eigenvalue weighted by atomic mass is 9.82. The van der Waals surface area contributed by atoms with E-state index in [-0.39, 0.29) is 11.8 Å². The maximum atomic E-state index is 12.3. The number of hydrogen-bond acceptors (Lipinski definition) is 5. The number of carbonyl (C=O) groups is 1. The fourth-order valence-corrected chi connectivity index (χ4v) is 4.08. The Morgan fingerprint density at radius 2 is 1.87 bits per heavy atom. The summed E-state index contributed by atoms with van der Waals surface area (Å²) in [6, 6.07) is -0.960. The van der Waals surface area contributed by atoms with E-state index < -0.39 is 24.3 Å². The molecule has 134 valence electrons. The van der Waals surface area contributed by atoms with Crippen molar-refractivity contribution < 1.29 is 15.0 Å². The summed E-state index contributed by atoms with van der Waals surface area (Å²) in [5.74, 6) is 1.05. The summed E-state index contributed by atoms with van der Waals surface area (Å²) in [7, 11) is 0. The van der Waals surface area contributed by atoms with Gasteiger partial charge in [-0.1, -0.05) is 32.1 Å². The summed E-state index contributed by atoms with van der Waals surface area (Å²) in [6.07, 6.45) is 8.97. The van der Waals surface area contributed by atoms with Crippen LogP contribution in [0.2, 0.25) is 0 Å². The molecule has 3 unspecified atom stereocenters. The van der Waals surface area contributed by atoms with Crippen LogP contribution in [0.15, 0.2) is 0 Å². The Labute approximate surface area is 143 Å². The number of rotatable bonds is 9. The zero-order valence-corrected chi connectivity index (χ0v) is 14.9. The van der Waals surface area contributed by atoms with E-state index in [4.69, 9.17) is 5.73 Å². The molecule has 2 aliphatic carbocycles. The minimum atomic E-state index is -0.894. The predicted molar refractivity (Wildman–Crippen MR) is 94.2 cm³/mol. The molecule has 0 aromatic carbocycles.